The number of nitriles is 1. The fourth-order valence-corrected chi connectivity index (χ4v) is 2.78. The van der Waals surface area contributed by atoms with Gasteiger partial charge in [0.25, 0.3) is 0 Å². The van der Waals surface area contributed by atoms with E-state index in [2.05, 4.69) is 25.1 Å². The lowest BCUT2D eigenvalue weighted by Gasteiger charge is -2.09. The molecule has 0 amide bonds. The summed E-state index contributed by atoms with van der Waals surface area (Å²) in [7, 11) is 1.68. The first-order chi connectivity index (χ1) is 9.26. The zero-order valence-corrected chi connectivity index (χ0v) is 11.8. The lowest BCUT2D eigenvalue weighted by atomic mass is 10.1. The van der Waals surface area contributed by atoms with E-state index in [4.69, 9.17) is 10.00 Å². The van der Waals surface area contributed by atoms with Crippen molar-refractivity contribution in [3.8, 4) is 11.8 Å². The van der Waals surface area contributed by atoms with Crippen LogP contribution < -0.4 is 4.74 Å². The molecule has 96 valence electrons. The van der Waals surface area contributed by atoms with Gasteiger partial charge in [-0.25, -0.2) is 0 Å². The number of ether oxygens (including phenoxy) is 1. The SMILES string of the molecule is CCc1cc(OC)ccc1Sc1ccc(C#N)cc1. The smallest absolute Gasteiger partial charge is 0.119 e. The highest BCUT2D eigenvalue weighted by atomic mass is 32.2. The van der Waals surface area contributed by atoms with Crippen LogP contribution in [0.25, 0.3) is 0 Å². The molecule has 0 saturated heterocycles. The first-order valence-electron chi connectivity index (χ1n) is 6.11. The molecule has 0 atom stereocenters. The van der Waals surface area contributed by atoms with Crippen LogP contribution in [0, 0.1) is 11.3 Å². The zero-order chi connectivity index (χ0) is 13.7. The Morgan fingerprint density at radius 2 is 1.89 bits per heavy atom. The molecule has 0 radical (unpaired) electrons. The molecule has 0 bridgehead atoms. The molecule has 0 unspecified atom stereocenters. The van der Waals surface area contributed by atoms with Crippen molar-refractivity contribution in [3.63, 3.8) is 0 Å². The van der Waals surface area contributed by atoms with E-state index < -0.39 is 0 Å². The summed E-state index contributed by atoms with van der Waals surface area (Å²) in [5.41, 5.74) is 1.96. The third-order valence-electron chi connectivity index (χ3n) is 2.86. The Hall–Kier alpha value is -1.92. The molecule has 0 aliphatic heterocycles. The van der Waals surface area contributed by atoms with Gasteiger partial charge in [-0.15, -0.1) is 0 Å². The van der Waals surface area contributed by atoms with Gasteiger partial charge in [0, 0.05) is 9.79 Å². The molecular formula is C16H15NOS. The predicted octanol–water partition coefficient (Wildman–Crippen LogP) is 4.28. The minimum absolute atomic E-state index is 0.690. The number of rotatable bonds is 4. The van der Waals surface area contributed by atoms with Crippen molar-refractivity contribution in [2.75, 3.05) is 7.11 Å². The average molecular weight is 269 g/mol. The van der Waals surface area contributed by atoms with Crippen LogP contribution in [0.1, 0.15) is 18.1 Å². The first kappa shape index (κ1) is 13.5. The Morgan fingerprint density at radius 3 is 2.47 bits per heavy atom. The highest BCUT2D eigenvalue weighted by Crippen LogP contribution is 2.32. The van der Waals surface area contributed by atoms with Gasteiger partial charge >= 0.3 is 0 Å². The Kier molecular flexibility index (Phi) is 4.48. The second-order valence-corrected chi connectivity index (χ2v) is 5.18. The van der Waals surface area contributed by atoms with Gasteiger partial charge in [0.2, 0.25) is 0 Å². The summed E-state index contributed by atoms with van der Waals surface area (Å²) in [6, 6.07) is 15.9. The van der Waals surface area contributed by atoms with E-state index in [0.29, 0.717) is 5.56 Å². The van der Waals surface area contributed by atoms with Crippen molar-refractivity contribution in [2.45, 2.75) is 23.1 Å². The normalized spacial score (nSPS) is 9.95. The van der Waals surface area contributed by atoms with Gasteiger partial charge in [0.05, 0.1) is 18.7 Å². The number of aryl methyl sites for hydroxylation is 1. The van der Waals surface area contributed by atoms with Crippen LogP contribution in [0.15, 0.2) is 52.3 Å². The van der Waals surface area contributed by atoms with E-state index in [1.54, 1.807) is 18.9 Å². The van der Waals surface area contributed by atoms with Gasteiger partial charge in [-0.1, -0.05) is 18.7 Å². The molecule has 0 heterocycles. The molecule has 2 aromatic carbocycles. The van der Waals surface area contributed by atoms with Gasteiger partial charge in [0.15, 0.2) is 0 Å². The quantitative estimate of drug-likeness (QED) is 0.830. The highest BCUT2D eigenvalue weighted by molar-refractivity contribution is 7.99. The number of methoxy groups -OCH3 is 1. The standard InChI is InChI=1S/C16H15NOS/c1-3-13-10-14(18-2)6-9-16(13)19-15-7-4-12(11-17)5-8-15/h4-10H,3H2,1-2H3. The van der Waals surface area contributed by atoms with Crippen molar-refractivity contribution in [2.24, 2.45) is 0 Å². The highest BCUT2D eigenvalue weighted by Gasteiger charge is 2.05. The van der Waals surface area contributed by atoms with Crippen LogP contribution in [0.2, 0.25) is 0 Å². The summed E-state index contributed by atoms with van der Waals surface area (Å²) in [4.78, 5) is 2.37. The Bertz CT molecular complexity index is 599. The molecule has 0 spiro atoms. The Morgan fingerprint density at radius 1 is 1.16 bits per heavy atom. The van der Waals surface area contributed by atoms with Gasteiger partial charge < -0.3 is 4.74 Å². The van der Waals surface area contributed by atoms with Crippen LogP contribution in [-0.2, 0) is 6.42 Å². The van der Waals surface area contributed by atoms with Crippen molar-refractivity contribution in [1.29, 1.82) is 5.26 Å². The van der Waals surface area contributed by atoms with Gasteiger partial charge in [-0.2, -0.15) is 5.26 Å². The largest absolute Gasteiger partial charge is 0.497 e. The molecule has 2 rings (SSSR count). The molecule has 0 fully saturated rings. The summed E-state index contributed by atoms with van der Waals surface area (Å²) in [5, 5.41) is 8.79. The molecule has 0 saturated carbocycles. The molecule has 2 nitrogen and oxygen atoms in total. The topological polar surface area (TPSA) is 33.0 Å². The number of nitrogens with zero attached hydrogens (tertiary/aromatic N) is 1. The fraction of sp³-hybridized carbons (Fsp3) is 0.188. The van der Waals surface area contributed by atoms with Gasteiger partial charge in [0.1, 0.15) is 5.75 Å². The molecule has 2 aromatic rings. The van der Waals surface area contributed by atoms with E-state index in [-0.39, 0.29) is 0 Å². The Labute approximate surface area is 118 Å². The molecule has 0 aliphatic carbocycles. The van der Waals surface area contributed by atoms with Crippen molar-refractivity contribution in [1.82, 2.24) is 0 Å². The fourth-order valence-electron chi connectivity index (χ4n) is 1.78. The molecular weight excluding hydrogens is 254 g/mol. The van der Waals surface area contributed by atoms with Crippen LogP contribution >= 0.6 is 11.8 Å². The van der Waals surface area contributed by atoms with Crippen molar-refractivity contribution >= 4 is 11.8 Å². The van der Waals surface area contributed by atoms with Crippen molar-refractivity contribution < 1.29 is 4.74 Å². The minimum Gasteiger partial charge on any atom is -0.497 e. The van der Waals surface area contributed by atoms with Crippen LogP contribution in [-0.4, -0.2) is 7.11 Å². The summed E-state index contributed by atoms with van der Waals surface area (Å²) in [5.74, 6) is 0.890. The predicted molar refractivity (Wildman–Crippen MR) is 77.7 cm³/mol. The monoisotopic (exact) mass is 269 g/mol. The lowest BCUT2D eigenvalue weighted by molar-refractivity contribution is 0.414. The maximum Gasteiger partial charge on any atom is 0.119 e. The zero-order valence-electron chi connectivity index (χ0n) is 11.0. The minimum atomic E-state index is 0.690. The summed E-state index contributed by atoms with van der Waals surface area (Å²) < 4.78 is 5.25. The van der Waals surface area contributed by atoms with E-state index in [0.717, 1.165) is 17.1 Å². The molecule has 19 heavy (non-hydrogen) atoms. The van der Waals surface area contributed by atoms with E-state index in [1.807, 2.05) is 30.3 Å². The van der Waals surface area contributed by atoms with E-state index >= 15 is 0 Å². The molecule has 0 N–H and O–H groups in total. The van der Waals surface area contributed by atoms with Gasteiger partial charge in [-0.05, 0) is 54.4 Å². The summed E-state index contributed by atoms with van der Waals surface area (Å²) >= 11 is 1.71. The maximum atomic E-state index is 8.79. The molecule has 3 heteroatoms. The first-order valence-corrected chi connectivity index (χ1v) is 6.93. The van der Waals surface area contributed by atoms with Crippen LogP contribution in [0.5, 0.6) is 5.75 Å². The Balaban J connectivity index is 2.24. The van der Waals surface area contributed by atoms with E-state index in [9.17, 15) is 0 Å². The van der Waals surface area contributed by atoms with Crippen LogP contribution in [0.4, 0.5) is 0 Å². The number of hydrogen-bond acceptors (Lipinski definition) is 3. The second-order valence-electron chi connectivity index (χ2n) is 4.07. The maximum absolute atomic E-state index is 8.79. The molecule has 0 aliphatic rings. The molecule has 0 aromatic heterocycles. The van der Waals surface area contributed by atoms with Gasteiger partial charge in [-0.3, -0.25) is 0 Å². The third kappa shape index (κ3) is 3.30. The van der Waals surface area contributed by atoms with Crippen molar-refractivity contribution in [3.05, 3.63) is 53.6 Å². The number of benzene rings is 2. The van der Waals surface area contributed by atoms with E-state index in [1.165, 1.54) is 10.5 Å². The number of hydrogen-bond donors (Lipinski definition) is 0. The van der Waals surface area contributed by atoms with Crippen LogP contribution in [0.3, 0.4) is 0 Å². The lowest BCUT2D eigenvalue weighted by Crippen LogP contribution is -1.89. The second kappa shape index (κ2) is 6.31. The average Bonchev–Trinajstić information content (AvgIpc) is 2.48. The summed E-state index contributed by atoms with van der Waals surface area (Å²) in [6.45, 7) is 2.14. The summed E-state index contributed by atoms with van der Waals surface area (Å²) in [6.07, 6.45) is 0.968. The third-order valence-corrected chi connectivity index (χ3v) is 3.99.